The molecule has 0 aromatic heterocycles. The van der Waals surface area contributed by atoms with E-state index in [0.29, 0.717) is 45.6 Å². The number of rotatable bonds is 8. The molecule has 9 heteroatoms. The number of Topliss-reactive ketones (excluding diaryl/α,β-unsaturated/α-hetero) is 1. The van der Waals surface area contributed by atoms with Crippen LogP contribution in [-0.2, 0) is 9.59 Å². The van der Waals surface area contributed by atoms with Gasteiger partial charge in [-0.15, -0.1) is 0 Å². The molecule has 0 unspecified atom stereocenters. The largest absolute Gasteiger partial charge is 0.507 e. The normalized spacial score (nSPS) is 17.7. The first kappa shape index (κ1) is 24.9. The second-order valence-corrected chi connectivity index (χ2v) is 8.71. The van der Waals surface area contributed by atoms with Gasteiger partial charge in [0.25, 0.3) is 11.7 Å². The minimum Gasteiger partial charge on any atom is -0.507 e. The van der Waals surface area contributed by atoms with Gasteiger partial charge in [0.15, 0.2) is 11.5 Å². The number of halogens is 2. The van der Waals surface area contributed by atoms with Crippen LogP contribution in [0.2, 0.25) is 10.0 Å². The number of ketones is 1. The van der Waals surface area contributed by atoms with E-state index >= 15 is 0 Å². The molecule has 0 spiro atoms. The first-order valence-electron chi connectivity index (χ1n) is 10.3. The number of hydrogen-bond acceptors (Lipinski definition) is 6. The summed E-state index contributed by atoms with van der Waals surface area (Å²) >= 11 is 12.3. The molecule has 0 radical (unpaired) electrons. The monoisotopic (exact) mass is 492 g/mol. The molecule has 1 N–H and O–H groups in total. The number of aliphatic hydroxyl groups is 1. The molecule has 0 aliphatic carbocycles. The van der Waals surface area contributed by atoms with Crippen LogP contribution in [-0.4, -0.2) is 68.0 Å². The molecule has 1 amide bonds. The van der Waals surface area contributed by atoms with Gasteiger partial charge in [-0.25, -0.2) is 0 Å². The Balaban J connectivity index is 2.14. The zero-order valence-corrected chi connectivity index (χ0v) is 20.4. The Morgan fingerprint density at radius 3 is 2.33 bits per heavy atom. The van der Waals surface area contributed by atoms with Crippen molar-refractivity contribution >= 4 is 40.7 Å². The number of amides is 1. The van der Waals surface area contributed by atoms with Crippen molar-refractivity contribution in [2.75, 3.05) is 41.4 Å². The molecule has 1 aliphatic heterocycles. The number of carbonyl (C=O) groups is 2. The summed E-state index contributed by atoms with van der Waals surface area (Å²) in [6.07, 6.45) is 0.647. The fourth-order valence-corrected chi connectivity index (χ4v) is 4.14. The van der Waals surface area contributed by atoms with Crippen LogP contribution in [0.3, 0.4) is 0 Å². The Bertz CT molecular complexity index is 1100. The van der Waals surface area contributed by atoms with Crippen molar-refractivity contribution < 1.29 is 24.2 Å². The Kier molecular flexibility index (Phi) is 7.89. The third-order valence-electron chi connectivity index (χ3n) is 5.46. The highest BCUT2D eigenvalue weighted by atomic mass is 35.5. The van der Waals surface area contributed by atoms with Gasteiger partial charge < -0.3 is 24.4 Å². The number of nitrogens with zero attached hydrogens (tertiary/aromatic N) is 2. The number of aliphatic hydroxyl groups excluding tert-OH is 1. The molecule has 3 rings (SSSR count). The second kappa shape index (κ2) is 10.5. The Labute approximate surface area is 203 Å². The van der Waals surface area contributed by atoms with Gasteiger partial charge >= 0.3 is 0 Å². The lowest BCUT2D eigenvalue weighted by Crippen LogP contribution is -2.32. The Morgan fingerprint density at radius 1 is 1.03 bits per heavy atom. The molecule has 2 aromatic rings. The van der Waals surface area contributed by atoms with Crippen molar-refractivity contribution in [3.05, 3.63) is 63.1 Å². The molecule has 1 heterocycles. The van der Waals surface area contributed by atoms with E-state index in [1.165, 1.54) is 19.1 Å². The average molecular weight is 493 g/mol. The maximum atomic E-state index is 13.1. The lowest BCUT2D eigenvalue weighted by molar-refractivity contribution is -0.139. The lowest BCUT2D eigenvalue weighted by Gasteiger charge is -2.26. The van der Waals surface area contributed by atoms with E-state index < -0.39 is 17.7 Å². The Hall–Kier alpha value is -2.74. The molecule has 176 valence electrons. The van der Waals surface area contributed by atoms with Gasteiger partial charge in [-0.2, -0.15) is 0 Å². The molecule has 1 atom stereocenters. The van der Waals surface area contributed by atoms with E-state index in [2.05, 4.69) is 0 Å². The van der Waals surface area contributed by atoms with Crippen molar-refractivity contribution in [2.45, 2.75) is 12.5 Å². The van der Waals surface area contributed by atoms with Gasteiger partial charge in [0.1, 0.15) is 5.76 Å². The summed E-state index contributed by atoms with van der Waals surface area (Å²) in [7, 11) is 6.84. The van der Waals surface area contributed by atoms with Crippen molar-refractivity contribution in [2.24, 2.45) is 0 Å². The van der Waals surface area contributed by atoms with Crippen LogP contribution in [0.25, 0.3) is 5.76 Å². The number of likely N-dealkylation sites (tertiary alicyclic amines) is 1. The van der Waals surface area contributed by atoms with Crippen molar-refractivity contribution in [3.8, 4) is 11.5 Å². The third kappa shape index (κ3) is 5.11. The maximum absolute atomic E-state index is 13.1. The fourth-order valence-electron chi connectivity index (χ4n) is 3.84. The van der Waals surface area contributed by atoms with Crippen LogP contribution in [0, 0.1) is 0 Å². The molecule has 2 aromatic carbocycles. The SMILES string of the molecule is COc1ccc(C(O)=C2C(=O)C(=O)N(CCCN(C)C)[C@H]2c2ccc(Cl)c(Cl)c2)cc1OC. The molecule has 33 heavy (non-hydrogen) atoms. The molecular weight excluding hydrogens is 467 g/mol. The molecule has 1 fully saturated rings. The smallest absolute Gasteiger partial charge is 0.295 e. The summed E-state index contributed by atoms with van der Waals surface area (Å²) in [4.78, 5) is 29.6. The highest BCUT2D eigenvalue weighted by Gasteiger charge is 2.46. The van der Waals surface area contributed by atoms with E-state index in [4.69, 9.17) is 32.7 Å². The number of hydrogen-bond donors (Lipinski definition) is 1. The van der Waals surface area contributed by atoms with Gasteiger partial charge in [0.05, 0.1) is 35.9 Å². The standard InChI is InChI=1S/C24H26Cl2N2O5/c1-27(2)10-5-11-28-21(14-6-8-16(25)17(26)12-14)20(23(30)24(28)31)22(29)15-7-9-18(32-3)19(13-15)33-4/h6-9,12-13,21,29H,5,10-11H2,1-4H3/t21-/m0/s1. The van der Waals surface area contributed by atoms with Crippen LogP contribution < -0.4 is 9.47 Å². The fraction of sp³-hybridized carbons (Fsp3) is 0.333. The Morgan fingerprint density at radius 2 is 1.73 bits per heavy atom. The molecular formula is C24H26Cl2N2O5. The third-order valence-corrected chi connectivity index (χ3v) is 6.20. The minimum atomic E-state index is -0.810. The summed E-state index contributed by atoms with van der Waals surface area (Å²) in [6, 6.07) is 8.88. The number of methoxy groups -OCH3 is 2. The van der Waals surface area contributed by atoms with E-state index in [1.807, 2.05) is 19.0 Å². The molecule has 0 saturated carbocycles. The van der Waals surface area contributed by atoms with Gasteiger partial charge in [-0.05, 0) is 63.0 Å². The molecule has 7 nitrogen and oxygen atoms in total. The number of benzene rings is 2. The zero-order valence-electron chi connectivity index (χ0n) is 18.9. The number of ether oxygens (including phenoxy) is 2. The summed E-state index contributed by atoms with van der Waals surface area (Å²) in [5, 5.41) is 11.8. The van der Waals surface area contributed by atoms with Crippen molar-refractivity contribution in [1.29, 1.82) is 0 Å². The van der Waals surface area contributed by atoms with E-state index in [1.54, 1.807) is 36.4 Å². The van der Waals surface area contributed by atoms with Gasteiger partial charge in [-0.1, -0.05) is 29.3 Å². The van der Waals surface area contributed by atoms with E-state index in [9.17, 15) is 14.7 Å². The van der Waals surface area contributed by atoms with E-state index in [-0.39, 0.29) is 11.3 Å². The topological polar surface area (TPSA) is 79.3 Å². The maximum Gasteiger partial charge on any atom is 0.295 e. The predicted molar refractivity (Wildman–Crippen MR) is 128 cm³/mol. The molecule has 0 bridgehead atoms. The second-order valence-electron chi connectivity index (χ2n) is 7.89. The molecule has 1 aliphatic rings. The first-order valence-corrected chi connectivity index (χ1v) is 11.1. The van der Waals surface area contributed by atoms with Gasteiger partial charge in [-0.3, -0.25) is 9.59 Å². The van der Waals surface area contributed by atoms with Crippen molar-refractivity contribution in [1.82, 2.24) is 9.80 Å². The van der Waals surface area contributed by atoms with Crippen molar-refractivity contribution in [3.63, 3.8) is 0 Å². The highest BCUT2D eigenvalue weighted by molar-refractivity contribution is 6.46. The lowest BCUT2D eigenvalue weighted by atomic mass is 9.95. The first-order chi connectivity index (χ1) is 15.7. The highest BCUT2D eigenvalue weighted by Crippen LogP contribution is 2.42. The molecule has 1 saturated heterocycles. The summed E-state index contributed by atoms with van der Waals surface area (Å²) in [6.45, 7) is 1.06. The van der Waals surface area contributed by atoms with Gasteiger partial charge in [0, 0.05) is 12.1 Å². The summed E-state index contributed by atoms with van der Waals surface area (Å²) < 4.78 is 10.6. The van der Waals surface area contributed by atoms with Crippen LogP contribution in [0.15, 0.2) is 42.0 Å². The van der Waals surface area contributed by atoms with Crippen LogP contribution in [0.4, 0.5) is 0 Å². The van der Waals surface area contributed by atoms with Crippen LogP contribution in [0.1, 0.15) is 23.6 Å². The average Bonchev–Trinajstić information content (AvgIpc) is 3.04. The van der Waals surface area contributed by atoms with Crippen LogP contribution in [0.5, 0.6) is 11.5 Å². The summed E-state index contributed by atoms with van der Waals surface area (Å²) in [5.74, 6) is -0.886. The summed E-state index contributed by atoms with van der Waals surface area (Å²) in [5.41, 5.74) is 0.884. The quantitative estimate of drug-likeness (QED) is 0.334. The van der Waals surface area contributed by atoms with Gasteiger partial charge in [0.2, 0.25) is 0 Å². The minimum absolute atomic E-state index is 0.0181. The van der Waals surface area contributed by atoms with E-state index in [0.717, 1.165) is 6.54 Å². The predicted octanol–water partition coefficient (Wildman–Crippen LogP) is 4.38. The van der Waals surface area contributed by atoms with Crippen LogP contribution >= 0.6 is 23.2 Å². The number of carbonyl (C=O) groups excluding carboxylic acids is 2. The zero-order chi connectivity index (χ0) is 24.3.